The minimum atomic E-state index is -0.237. The molecule has 2 atom stereocenters. The van der Waals surface area contributed by atoms with E-state index in [1.165, 1.54) is 6.92 Å². The van der Waals surface area contributed by atoms with Crippen LogP contribution < -0.4 is 0 Å². The summed E-state index contributed by atoms with van der Waals surface area (Å²) in [4.78, 5) is 28.2. The molecule has 5 nitrogen and oxygen atoms in total. The maximum absolute atomic E-state index is 12.7. The van der Waals surface area contributed by atoms with Crippen LogP contribution in [0.2, 0.25) is 0 Å². The third-order valence-corrected chi connectivity index (χ3v) is 4.43. The number of amides is 2. The van der Waals surface area contributed by atoms with Crippen molar-refractivity contribution < 1.29 is 14.3 Å². The SMILES string of the molecule is CC(=O)N1C=Cc2ccccc2C1CC(=O)N1CCOC(C)C1. The van der Waals surface area contributed by atoms with Crippen LogP contribution in [-0.2, 0) is 14.3 Å². The molecule has 2 unspecified atom stereocenters. The maximum Gasteiger partial charge on any atom is 0.225 e. The Kier molecular flexibility index (Phi) is 4.48. The molecule has 0 saturated carbocycles. The molecule has 2 amide bonds. The fraction of sp³-hybridized carbons (Fsp3) is 0.444. The molecule has 0 aliphatic carbocycles. The number of fused-ring (bicyclic) bond motifs is 1. The number of ether oxygens (including phenoxy) is 1. The Morgan fingerprint density at radius 3 is 2.83 bits per heavy atom. The van der Waals surface area contributed by atoms with Crippen LogP contribution >= 0.6 is 0 Å². The molecule has 2 heterocycles. The van der Waals surface area contributed by atoms with Gasteiger partial charge in [0.15, 0.2) is 0 Å². The standard InChI is InChI=1S/C18H22N2O3/c1-13-12-19(9-10-23-13)18(22)11-17-16-6-4-3-5-15(16)7-8-20(17)14(2)21/h3-8,13,17H,9-12H2,1-2H3. The Bertz CT molecular complexity index is 641. The first-order valence-corrected chi connectivity index (χ1v) is 8.01. The van der Waals surface area contributed by atoms with Crippen molar-refractivity contribution in [2.24, 2.45) is 0 Å². The second-order valence-corrected chi connectivity index (χ2v) is 6.11. The molecule has 23 heavy (non-hydrogen) atoms. The number of hydrogen-bond donors (Lipinski definition) is 0. The summed E-state index contributed by atoms with van der Waals surface area (Å²) in [5.74, 6) is 0.0189. The first kappa shape index (κ1) is 15.7. The highest BCUT2D eigenvalue weighted by Crippen LogP contribution is 2.33. The topological polar surface area (TPSA) is 49.9 Å². The fourth-order valence-corrected chi connectivity index (χ4v) is 3.25. The molecule has 1 aromatic rings. The van der Waals surface area contributed by atoms with Crippen LogP contribution in [0.3, 0.4) is 0 Å². The Balaban J connectivity index is 1.82. The molecule has 0 N–H and O–H groups in total. The summed E-state index contributed by atoms with van der Waals surface area (Å²) in [7, 11) is 0. The van der Waals surface area contributed by atoms with Gasteiger partial charge >= 0.3 is 0 Å². The lowest BCUT2D eigenvalue weighted by molar-refractivity contribution is -0.140. The average Bonchev–Trinajstić information content (AvgIpc) is 2.54. The lowest BCUT2D eigenvalue weighted by atomic mass is 9.93. The molecular weight excluding hydrogens is 292 g/mol. The van der Waals surface area contributed by atoms with Crippen LogP contribution in [-0.4, -0.2) is 47.4 Å². The summed E-state index contributed by atoms with van der Waals surface area (Å²) >= 11 is 0. The van der Waals surface area contributed by atoms with E-state index in [-0.39, 0.29) is 24.0 Å². The molecule has 0 radical (unpaired) electrons. The third kappa shape index (κ3) is 3.29. The van der Waals surface area contributed by atoms with E-state index in [4.69, 9.17) is 4.74 Å². The van der Waals surface area contributed by atoms with Crippen molar-refractivity contribution in [1.29, 1.82) is 0 Å². The molecule has 1 fully saturated rings. The van der Waals surface area contributed by atoms with Gasteiger partial charge in [-0.25, -0.2) is 0 Å². The largest absolute Gasteiger partial charge is 0.375 e. The first-order chi connectivity index (χ1) is 11.1. The number of nitrogens with zero attached hydrogens (tertiary/aromatic N) is 2. The molecule has 2 aliphatic rings. The van der Waals surface area contributed by atoms with Crippen LogP contribution in [0.25, 0.3) is 6.08 Å². The monoisotopic (exact) mass is 314 g/mol. The zero-order valence-electron chi connectivity index (χ0n) is 13.6. The van der Waals surface area contributed by atoms with Crippen molar-refractivity contribution in [1.82, 2.24) is 9.80 Å². The van der Waals surface area contributed by atoms with Crippen LogP contribution in [0.15, 0.2) is 30.5 Å². The zero-order chi connectivity index (χ0) is 16.4. The van der Waals surface area contributed by atoms with Crippen molar-refractivity contribution in [3.8, 4) is 0 Å². The predicted octanol–water partition coefficient (Wildman–Crippen LogP) is 2.20. The minimum Gasteiger partial charge on any atom is -0.375 e. The summed E-state index contributed by atoms with van der Waals surface area (Å²) in [6.45, 7) is 5.31. The van der Waals surface area contributed by atoms with E-state index in [9.17, 15) is 9.59 Å². The van der Waals surface area contributed by atoms with E-state index in [1.807, 2.05) is 42.2 Å². The minimum absolute atomic E-state index is 0.0519. The van der Waals surface area contributed by atoms with E-state index >= 15 is 0 Å². The van der Waals surface area contributed by atoms with Gasteiger partial charge in [0.25, 0.3) is 0 Å². The van der Waals surface area contributed by atoms with Gasteiger partial charge in [-0.2, -0.15) is 0 Å². The Labute approximate surface area is 136 Å². The quantitative estimate of drug-likeness (QED) is 0.841. The van der Waals surface area contributed by atoms with Crippen molar-refractivity contribution >= 4 is 17.9 Å². The van der Waals surface area contributed by atoms with Gasteiger partial charge in [-0.1, -0.05) is 24.3 Å². The molecule has 3 rings (SSSR count). The molecule has 0 aromatic heterocycles. The van der Waals surface area contributed by atoms with Gasteiger partial charge in [-0.3, -0.25) is 9.59 Å². The highest BCUT2D eigenvalue weighted by Gasteiger charge is 2.31. The Morgan fingerprint density at radius 2 is 2.09 bits per heavy atom. The van der Waals surface area contributed by atoms with Crippen molar-refractivity contribution in [3.05, 3.63) is 41.6 Å². The summed E-state index contributed by atoms with van der Waals surface area (Å²) in [5.41, 5.74) is 2.10. The summed E-state index contributed by atoms with van der Waals surface area (Å²) in [5, 5.41) is 0. The zero-order valence-corrected chi connectivity index (χ0v) is 13.6. The molecule has 5 heteroatoms. The number of morpholine rings is 1. The van der Waals surface area contributed by atoms with Crippen LogP contribution in [0.1, 0.15) is 37.4 Å². The Morgan fingerprint density at radius 1 is 1.30 bits per heavy atom. The predicted molar refractivity (Wildman–Crippen MR) is 87.3 cm³/mol. The van der Waals surface area contributed by atoms with Crippen molar-refractivity contribution in [2.75, 3.05) is 19.7 Å². The van der Waals surface area contributed by atoms with Gasteiger partial charge in [-0.15, -0.1) is 0 Å². The van der Waals surface area contributed by atoms with Gasteiger partial charge in [-0.05, 0) is 24.1 Å². The summed E-state index contributed by atoms with van der Waals surface area (Å²) in [6.07, 6.45) is 4.07. The van der Waals surface area contributed by atoms with Gasteiger partial charge in [0.2, 0.25) is 11.8 Å². The molecule has 2 aliphatic heterocycles. The smallest absolute Gasteiger partial charge is 0.225 e. The molecular formula is C18H22N2O3. The number of carbonyl (C=O) groups is 2. The normalized spacial score (nSPS) is 23.6. The van der Waals surface area contributed by atoms with Crippen molar-refractivity contribution in [3.63, 3.8) is 0 Å². The second kappa shape index (κ2) is 6.54. The summed E-state index contributed by atoms with van der Waals surface area (Å²) < 4.78 is 5.49. The average molecular weight is 314 g/mol. The van der Waals surface area contributed by atoms with Crippen LogP contribution in [0, 0.1) is 0 Å². The highest BCUT2D eigenvalue weighted by molar-refractivity contribution is 5.82. The first-order valence-electron chi connectivity index (χ1n) is 8.01. The number of hydrogen-bond acceptors (Lipinski definition) is 3. The molecule has 0 spiro atoms. The van der Waals surface area contributed by atoms with E-state index in [1.54, 1.807) is 11.1 Å². The van der Waals surface area contributed by atoms with Gasteiger partial charge in [0, 0.05) is 26.2 Å². The highest BCUT2D eigenvalue weighted by atomic mass is 16.5. The lowest BCUT2D eigenvalue weighted by Crippen LogP contribution is -2.46. The molecule has 122 valence electrons. The number of carbonyl (C=O) groups excluding carboxylic acids is 2. The molecule has 1 saturated heterocycles. The summed E-state index contributed by atoms with van der Waals surface area (Å²) in [6, 6.07) is 7.69. The third-order valence-electron chi connectivity index (χ3n) is 4.43. The van der Waals surface area contributed by atoms with Crippen molar-refractivity contribution in [2.45, 2.75) is 32.4 Å². The van der Waals surface area contributed by atoms with Gasteiger partial charge in [0.05, 0.1) is 25.2 Å². The molecule has 0 bridgehead atoms. The van der Waals surface area contributed by atoms with Crippen LogP contribution in [0.5, 0.6) is 0 Å². The number of rotatable bonds is 2. The van der Waals surface area contributed by atoms with E-state index < -0.39 is 0 Å². The van der Waals surface area contributed by atoms with E-state index in [0.29, 0.717) is 26.1 Å². The van der Waals surface area contributed by atoms with E-state index in [0.717, 1.165) is 11.1 Å². The Hall–Kier alpha value is -2.14. The lowest BCUT2D eigenvalue weighted by Gasteiger charge is -2.36. The van der Waals surface area contributed by atoms with Crippen LogP contribution in [0.4, 0.5) is 0 Å². The maximum atomic E-state index is 12.7. The van der Waals surface area contributed by atoms with E-state index in [2.05, 4.69) is 0 Å². The molecule has 1 aromatic carbocycles. The van der Waals surface area contributed by atoms with Gasteiger partial charge < -0.3 is 14.5 Å². The number of benzene rings is 1. The second-order valence-electron chi connectivity index (χ2n) is 6.11. The fourth-order valence-electron chi connectivity index (χ4n) is 3.25. The van der Waals surface area contributed by atoms with Gasteiger partial charge in [0.1, 0.15) is 0 Å².